The van der Waals surface area contributed by atoms with Crippen LogP contribution in [0.15, 0.2) is 12.1 Å². The Hall–Kier alpha value is -0.980. The maximum Gasteiger partial charge on any atom is 0.125 e. The maximum atomic E-state index is 6.14. The van der Waals surface area contributed by atoms with Gasteiger partial charge in [0.2, 0.25) is 0 Å². The van der Waals surface area contributed by atoms with E-state index in [0.717, 1.165) is 25.2 Å². The van der Waals surface area contributed by atoms with E-state index in [9.17, 15) is 0 Å². The molecule has 0 aromatic heterocycles. The van der Waals surface area contributed by atoms with Crippen LogP contribution in [0.4, 0.5) is 0 Å². The highest BCUT2D eigenvalue weighted by Gasteiger charge is 2.18. The summed E-state index contributed by atoms with van der Waals surface area (Å²) in [5.74, 6) is 1.78. The minimum Gasteiger partial charge on any atom is -0.493 e. The van der Waals surface area contributed by atoms with Crippen molar-refractivity contribution >= 4 is 0 Å². The lowest BCUT2D eigenvalue weighted by molar-refractivity contribution is 0.300. The maximum absolute atomic E-state index is 6.14. The van der Waals surface area contributed by atoms with Crippen LogP contribution >= 0.6 is 0 Å². The van der Waals surface area contributed by atoms with Gasteiger partial charge >= 0.3 is 0 Å². The molecule has 0 bridgehead atoms. The zero-order chi connectivity index (χ0) is 16.0. The second-order valence-corrected chi connectivity index (χ2v) is 7.68. The van der Waals surface area contributed by atoms with Crippen molar-refractivity contribution in [2.45, 2.75) is 79.6 Å². The normalized spacial score (nSPS) is 12.0. The molecule has 1 rings (SSSR count). The average Bonchev–Trinajstić information content (AvgIpc) is 2.34. The highest BCUT2D eigenvalue weighted by molar-refractivity contribution is 5.46. The monoisotopic (exact) mass is 290 g/mol. The van der Waals surface area contributed by atoms with Gasteiger partial charge in [-0.25, -0.2) is 0 Å². The van der Waals surface area contributed by atoms with Gasteiger partial charge in [0.05, 0.1) is 6.61 Å². The number of ether oxygens (including phenoxy) is 1. The highest BCUT2D eigenvalue weighted by atomic mass is 16.5. The van der Waals surface area contributed by atoms with Gasteiger partial charge in [-0.1, -0.05) is 66.5 Å². The SMILES string of the molecule is CCCCCOc1c(C)cc(C(C)(C)C)cc1CC(C)C. The van der Waals surface area contributed by atoms with Crippen molar-refractivity contribution in [1.82, 2.24) is 0 Å². The van der Waals surface area contributed by atoms with Gasteiger partial charge in [-0.2, -0.15) is 0 Å². The molecule has 0 spiro atoms. The Labute approximate surface area is 132 Å². The standard InChI is InChI=1S/C20H34O/c1-8-9-10-11-21-19-16(4)13-18(20(5,6)7)14-17(19)12-15(2)3/h13-15H,8-12H2,1-7H3. The van der Waals surface area contributed by atoms with Gasteiger partial charge in [-0.05, 0) is 47.8 Å². The summed E-state index contributed by atoms with van der Waals surface area (Å²) < 4.78 is 6.14. The number of benzene rings is 1. The van der Waals surface area contributed by atoms with Crippen LogP contribution in [0.3, 0.4) is 0 Å². The fraction of sp³-hybridized carbons (Fsp3) is 0.700. The lowest BCUT2D eigenvalue weighted by atomic mass is 9.84. The largest absolute Gasteiger partial charge is 0.493 e. The quantitative estimate of drug-likeness (QED) is 0.555. The van der Waals surface area contributed by atoms with Crippen molar-refractivity contribution in [3.8, 4) is 5.75 Å². The molecule has 1 aromatic carbocycles. The molecule has 1 heteroatoms. The molecule has 0 atom stereocenters. The number of hydrogen-bond acceptors (Lipinski definition) is 1. The Bertz CT molecular complexity index is 438. The van der Waals surface area contributed by atoms with E-state index in [-0.39, 0.29) is 5.41 Å². The molecule has 0 fully saturated rings. The molecule has 1 aromatic rings. The molecule has 0 heterocycles. The van der Waals surface area contributed by atoms with Crippen molar-refractivity contribution in [2.24, 2.45) is 5.92 Å². The van der Waals surface area contributed by atoms with Gasteiger partial charge in [0.1, 0.15) is 5.75 Å². The van der Waals surface area contributed by atoms with Crippen molar-refractivity contribution in [2.75, 3.05) is 6.61 Å². The van der Waals surface area contributed by atoms with E-state index in [1.807, 2.05) is 0 Å². The molecule has 0 amide bonds. The molecule has 0 radical (unpaired) electrons. The third-order valence-corrected chi connectivity index (χ3v) is 3.84. The summed E-state index contributed by atoms with van der Waals surface area (Å²) in [6, 6.07) is 4.67. The van der Waals surface area contributed by atoms with Gasteiger partial charge < -0.3 is 4.74 Å². The first-order valence-corrected chi connectivity index (χ1v) is 8.52. The van der Waals surface area contributed by atoms with Gasteiger partial charge in [0.15, 0.2) is 0 Å². The fourth-order valence-corrected chi connectivity index (χ4v) is 2.60. The summed E-state index contributed by atoms with van der Waals surface area (Å²) in [6.45, 7) is 16.7. The molecule has 21 heavy (non-hydrogen) atoms. The van der Waals surface area contributed by atoms with Crippen LogP contribution < -0.4 is 4.74 Å². The first-order valence-electron chi connectivity index (χ1n) is 8.52. The summed E-state index contributed by atoms with van der Waals surface area (Å²) in [5.41, 5.74) is 4.27. The summed E-state index contributed by atoms with van der Waals surface area (Å²) in [4.78, 5) is 0. The van der Waals surface area contributed by atoms with E-state index in [2.05, 4.69) is 60.6 Å². The van der Waals surface area contributed by atoms with E-state index in [0.29, 0.717) is 5.92 Å². The molecule has 0 aliphatic carbocycles. The first-order chi connectivity index (χ1) is 9.75. The zero-order valence-corrected chi connectivity index (χ0v) is 15.2. The lowest BCUT2D eigenvalue weighted by Crippen LogP contribution is -2.14. The first kappa shape index (κ1) is 18.1. The fourth-order valence-electron chi connectivity index (χ4n) is 2.60. The molecular weight excluding hydrogens is 256 g/mol. The number of unbranched alkanes of at least 4 members (excludes halogenated alkanes) is 2. The summed E-state index contributed by atoms with van der Waals surface area (Å²) in [5, 5.41) is 0. The van der Waals surface area contributed by atoms with Crippen LogP contribution in [0.25, 0.3) is 0 Å². The van der Waals surface area contributed by atoms with Crippen LogP contribution in [-0.4, -0.2) is 6.61 Å². The summed E-state index contributed by atoms with van der Waals surface area (Å²) in [6.07, 6.45) is 4.73. The van der Waals surface area contributed by atoms with E-state index < -0.39 is 0 Å². The van der Waals surface area contributed by atoms with Crippen molar-refractivity contribution in [3.05, 3.63) is 28.8 Å². The third-order valence-electron chi connectivity index (χ3n) is 3.84. The Morgan fingerprint density at radius 3 is 2.29 bits per heavy atom. The zero-order valence-electron chi connectivity index (χ0n) is 15.2. The summed E-state index contributed by atoms with van der Waals surface area (Å²) in [7, 11) is 0. The predicted molar refractivity (Wildman–Crippen MR) is 93.4 cm³/mol. The molecular formula is C20H34O. The van der Waals surface area contributed by atoms with Crippen molar-refractivity contribution in [1.29, 1.82) is 0 Å². The predicted octanol–water partition coefficient (Wildman–Crippen LogP) is 6.06. The highest BCUT2D eigenvalue weighted by Crippen LogP contribution is 2.33. The number of rotatable bonds is 7. The molecule has 0 saturated carbocycles. The number of aryl methyl sites for hydroxylation is 1. The summed E-state index contributed by atoms with van der Waals surface area (Å²) >= 11 is 0. The molecule has 1 nitrogen and oxygen atoms in total. The second-order valence-electron chi connectivity index (χ2n) is 7.68. The van der Waals surface area contributed by atoms with E-state index in [1.165, 1.54) is 29.5 Å². The van der Waals surface area contributed by atoms with Crippen molar-refractivity contribution in [3.63, 3.8) is 0 Å². The second kappa shape index (κ2) is 7.87. The minimum atomic E-state index is 0.192. The van der Waals surface area contributed by atoms with Gasteiger partial charge in [0, 0.05) is 0 Å². The van der Waals surface area contributed by atoms with Crippen LogP contribution in [-0.2, 0) is 11.8 Å². The third kappa shape index (κ3) is 5.73. The van der Waals surface area contributed by atoms with Gasteiger partial charge in [-0.15, -0.1) is 0 Å². The average molecular weight is 290 g/mol. The van der Waals surface area contributed by atoms with Crippen LogP contribution in [0.5, 0.6) is 5.75 Å². The van der Waals surface area contributed by atoms with Crippen LogP contribution in [0, 0.1) is 12.8 Å². The molecule has 0 aliphatic rings. The molecule has 0 aliphatic heterocycles. The van der Waals surface area contributed by atoms with Crippen LogP contribution in [0.1, 0.15) is 77.5 Å². The van der Waals surface area contributed by atoms with Crippen molar-refractivity contribution < 1.29 is 4.74 Å². The smallest absolute Gasteiger partial charge is 0.125 e. The van der Waals surface area contributed by atoms with E-state index >= 15 is 0 Å². The number of hydrogen-bond donors (Lipinski definition) is 0. The Morgan fingerprint density at radius 1 is 1.10 bits per heavy atom. The molecule has 120 valence electrons. The molecule has 0 saturated heterocycles. The Balaban J connectivity index is 3.03. The molecule has 0 unspecified atom stereocenters. The van der Waals surface area contributed by atoms with E-state index in [4.69, 9.17) is 4.74 Å². The minimum absolute atomic E-state index is 0.192. The topological polar surface area (TPSA) is 9.23 Å². The Kier molecular flexibility index (Phi) is 6.77. The van der Waals surface area contributed by atoms with Gasteiger partial charge in [-0.3, -0.25) is 0 Å². The lowest BCUT2D eigenvalue weighted by Gasteiger charge is -2.24. The Morgan fingerprint density at radius 2 is 1.76 bits per heavy atom. The van der Waals surface area contributed by atoms with E-state index in [1.54, 1.807) is 0 Å². The van der Waals surface area contributed by atoms with Gasteiger partial charge in [0.25, 0.3) is 0 Å². The van der Waals surface area contributed by atoms with Crippen LogP contribution in [0.2, 0.25) is 0 Å². The molecule has 0 N–H and O–H groups in total.